The average molecular weight is 579 g/mol. The molecule has 0 bridgehead atoms. The molecule has 2 saturated carbocycles. The van der Waals surface area contributed by atoms with Gasteiger partial charge in [0.15, 0.2) is 0 Å². The zero-order valence-electron chi connectivity index (χ0n) is 19.9. The van der Waals surface area contributed by atoms with E-state index in [-0.39, 0.29) is 47.2 Å². The third kappa shape index (κ3) is 12.6. The normalized spacial score (nSPS) is 26.2. The molecule has 0 saturated heterocycles. The second-order valence-corrected chi connectivity index (χ2v) is 12.6. The summed E-state index contributed by atoms with van der Waals surface area (Å²) in [5, 5.41) is 38.7. The van der Waals surface area contributed by atoms with Crippen LogP contribution in [0.2, 0.25) is 8.87 Å². The molecule has 0 amide bonds. The summed E-state index contributed by atoms with van der Waals surface area (Å²) in [6.45, 7) is 6.92. The van der Waals surface area contributed by atoms with Crippen LogP contribution in [0.15, 0.2) is 0 Å². The number of hydrogen-bond acceptors (Lipinski definition) is 10. The van der Waals surface area contributed by atoms with Crippen LogP contribution < -0.4 is 10.2 Å². The Morgan fingerprint density at radius 2 is 1.15 bits per heavy atom. The monoisotopic (exact) mass is 580 g/mol. The molecule has 0 aromatic heterocycles. The number of hydrogen-bond donors (Lipinski definition) is 2. The van der Waals surface area contributed by atoms with Crippen LogP contribution in [-0.4, -0.2) is 79.6 Å². The maximum atomic E-state index is 10.3. The molecule has 2 fully saturated rings. The minimum absolute atomic E-state index is 0.0557. The Kier molecular flexibility index (Phi) is 14.8. The van der Waals surface area contributed by atoms with Gasteiger partial charge < -0.3 is 39.5 Å². The second-order valence-electron chi connectivity index (χ2n) is 8.29. The van der Waals surface area contributed by atoms with Crippen LogP contribution >= 0.6 is 0 Å². The van der Waals surface area contributed by atoms with Gasteiger partial charge in [-0.2, -0.15) is 0 Å². The number of aliphatic hydroxyl groups is 2. The molecule has 10 nitrogen and oxygen atoms in total. The zero-order valence-corrected chi connectivity index (χ0v) is 22.7. The van der Waals surface area contributed by atoms with Crippen LogP contribution in [0.3, 0.4) is 0 Å². The van der Waals surface area contributed by atoms with E-state index in [1.165, 1.54) is 39.5 Å². The zero-order chi connectivity index (χ0) is 25.7. The van der Waals surface area contributed by atoms with E-state index in [4.69, 9.17) is 10.2 Å². The summed E-state index contributed by atoms with van der Waals surface area (Å²) in [6.07, 6.45) is 6.04. The van der Waals surface area contributed by atoms with E-state index < -0.39 is 46.9 Å². The summed E-state index contributed by atoms with van der Waals surface area (Å²) in [5.74, 6) is -4.98. The summed E-state index contributed by atoms with van der Waals surface area (Å²) in [6, 6.07) is 0. The first-order chi connectivity index (χ1) is 15.3. The van der Waals surface area contributed by atoms with Gasteiger partial charge in [-0.3, -0.25) is 9.59 Å². The topological polar surface area (TPSA) is 173 Å². The summed E-state index contributed by atoms with van der Waals surface area (Å²) in [5.41, 5.74) is -3.54. The first kappa shape index (κ1) is 31.6. The quantitative estimate of drug-likeness (QED) is 0.170. The van der Waals surface area contributed by atoms with Crippen molar-refractivity contribution in [2.75, 3.05) is 13.2 Å². The van der Waals surface area contributed by atoms with Gasteiger partial charge in [0.05, 0.1) is 25.2 Å². The fourth-order valence-corrected chi connectivity index (χ4v) is 6.85. The molecule has 0 aliphatic heterocycles. The van der Waals surface area contributed by atoms with E-state index in [1.54, 1.807) is 8.87 Å². The van der Waals surface area contributed by atoms with Crippen molar-refractivity contribution in [2.45, 2.75) is 86.3 Å². The fraction of sp³-hybridized carbons (Fsp3) is 0.818. The molecule has 0 aromatic rings. The molecule has 2 N–H and O–H groups in total. The van der Waals surface area contributed by atoms with Crippen LogP contribution in [0.1, 0.15) is 66.2 Å². The Balaban J connectivity index is 0.000000472. The third-order valence-electron chi connectivity index (χ3n) is 5.24. The number of aliphatic carboxylic acids is 2. The van der Waals surface area contributed by atoms with E-state index in [0.717, 1.165) is 0 Å². The van der Waals surface area contributed by atoms with Crippen LogP contribution in [0.25, 0.3) is 0 Å². The molecule has 2 rings (SSSR count). The first-order valence-electron chi connectivity index (χ1n) is 11.2. The number of carbonyl (C=O) groups is 4. The molecule has 0 spiro atoms. The van der Waals surface area contributed by atoms with Gasteiger partial charge in [0.2, 0.25) is 0 Å². The number of carbonyl (C=O) groups excluding carboxylic acids is 4. The molecule has 4 unspecified atom stereocenters. The Morgan fingerprint density at radius 3 is 1.36 bits per heavy atom. The third-order valence-corrected chi connectivity index (χ3v) is 9.28. The van der Waals surface area contributed by atoms with Crippen molar-refractivity contribution in [3.8, 4) is 0 Å². The van der Waals surface area contributed by atoms with Crippen LogP contribution in [-0.2, 0) is 28.7 Å². The standard InChI is InChI=1S/2C7H10O5.2C4H9.Sn/c2*1-4(8)12-3-5-2-7(5,11)6(9)10;2*1-3-4-2;/h2*5,11H,2-3H2,1H3,(H,9,10);2*1,3-4H2,2H3;/q;;;;+2/p-2. The van der Waals surface area contributed by atoms with Crippen molar-refractivity contribution in [1.29, 1.82) is 0 Å². The van der Waals surface area contributed by atoms with Gasteiger partial charge in [-0.15, -0.1) is 0 Å². The number of ether oxygens (including phenoxy) is 2. The SMILES string of the molecule is CC(=O)OCC1CC1(O)C(=O)[O-].CC(=O)OCC1CC1(O)C(=O)[O-].CCC[CH2][Sn+2][CH2]CCC. The predicted octanol–water partition coefficient (Wildman–Crippen LogP) is -0.772. The predicted molar refractivity (Wildman–Crippen MR) is 115 cm³/mol. The first-order valence-corrected chi connectivity index (χ1v) is 15.2. The molecular formula is C22H36O10Sn. The maximum absolute atomic E-state index is 10.3. The van der Waals surface area contributed by atoms with Crippen molar-refractivity contribution < 1.29 is 49.1 Å². The van der Waals surface area contributed by atoms with Crippen molar-refractivity contribution >= 4 is 45.0 Å². The van der Waals surface area contributed by atoms with Gasteiger partial charge in [0.1, 0.15) is 11.2 Å². The minimum atomic E-state index is -1.77. The van der Waals surface area contributed by atoms with Gasteiger partial charge in [0, 0.05) is 25.7 Å². The van der Waals surface area contributed by atoms with Crippen molar-refractivity contribution in [2.24, 2.45) is 11.8 Å². The Bertz CT molecular complexity index is 601. The number of carboxylic acids is 2. The summed E-state index contributed by atoms with van der Waals surface area (Å²) in [7, 11) is 0. The Labute approximate surface area is 205 Å². The van der Waals surface area contributed by atoms with Gasteiger partial charge in [-0.25, -0.2) is 0 Å². The van der Waals surface area contributed by atoms with Crippen LogP contribution in [0.5, 0.6) is 0 Å². The van der Waals surface area contributed by atoms with E-state index >= 15 is 0 Å². The molecule has 2 aliphatic rings. The number of unbranched alkanes of at least 4 members (excludes halogenated alkanes) is 2. The fourth-order valence-electron chi connectivity index (χ4n) is 2.69. The van der Waals surface area contributed by atoms with E-state index in [2.05, 4.69) is 23.3 Å². The average Bonchev–Trinajstić information content (AvgIpc) is 3.61. The number of esters is 2. The van der Waals surface area contributed by atoms with Crippen molar-refractivity contribution in [1.82, 2.24) is 0 Å². The van der Waals surface area contributed by atoms with E-state index in [9.17, 15) is 29.4 Å². The second kappa shape index (κ2) is 15.5. The van der Waals surface area contributed by atoms with E-state index in [1.807, 2.05) is 0 Å². The molecule has 4 atom stereocenters. The summed E-state index contributed by atoms with van der Waals surface area (Å²) < 4.78 is 12.3. The molecular weight excluding hydrogens is 543 g/mol. The Hall–Kier alpha value is -1.40. The molecule has 0 radical (unpaired) electrons. The van der Waals surface area contributed by atoms with E-state index in [0.29, 0.717) is 0 Å². The number of carboxylic acid groups (broad SMARTS) is 2. The van der Waals surface area contributed by atoms with Crippen LogP contribution in [0.4, 0.5) is 0 Å². The Morgan fingerprint density at radius 1 is 0.818 bits per heavy atom. The summed E-state index contributed by atoms with van der Waals surface area (Å²) in [4.78, 5) is 41.1. The molecule has 11 heteroatoms. The van der Waals surface area contributed by atoms with Gasteiger partial charge >= 0.3 is 81.5 Å². The summed E-state index contributed by atoms with van der Waals surface area (Å²) >= 11 is 0.149. The molecule has 33 heavy (non-hydrogen) atoms. The van der Waals surface area contributed by atoms with Crippen molar-refractivity contribution in [3.05, 3.63) is 0 Å². The van der Waals surface area contributed by atoms with Crippen LogP contribution in [0, 0.1) is 11.8 Å². The molecule has 2 aliphatic carbocycles. The van der Waals surface area contributed by atoms with Crippen molar-refractivity contribution in [3.63, 3.8) is 0 Å². The van der Waals surface area contributed by atoms with Gasteiger partial charge in [-0.05, 0) is 12.8 Å². The van der Waals surface area contributed by atoms with Gasteiger partial charge in [-0.1, -0.05) is 0 Å². The molecule has 0 aromatic carbocycles. The number of rotatable bonds is 12. The molecule has 0 heterocycles. The molecule has 188 valence electrons. The van der Waals surface area contributed by atoms with Gasteiger partial charge in [0.25, 0.3) is 0 Å².